The smallest absolute Gasteiger partial charge is 0.0655 e. The second kappa shape index (κ2) is 3.61. The largest absolute Gasteiger partial charge is 0.198 e. The molecule has 2 atom stereocenters. The third-order valence-corrected chi connectivity index (χ3v) is 2.44. The van der Waals surface area contributed by atoms with E-state index in [0.29, 0.717) is 5.92 Å². The standard InChI is InChI=1S/C9H15N/c1-8-3-2-4-9(7-10)6-5-8/h8-9H,2-6H2,1H3. The van der Waals surface area contributed by atoms with Crippen molar-refractivity contribution in [3.8, 4) is 6.07 Å². The molecule has 1 aliphatic rings. The first-order valence-corrected chi connectivity index (χ1v) is 4.22. The highest BCUT2D eigenvalue weighted by atomic mass is 14.3. The monoisotopic (exact) mass is 137 g/mol. The summed E-state index contributed by atoms with van der Waals surface area (Å²) in [6.07, 6.45) is 6.13. The Morgan fingerprint density at radius 1 is 1.20 bits per heavy atom. The summed E-state index contributed by atoms with van der Waals surface area (Å²) >= 11 is 0. The summed E-state index contributed by atoms with van der Waals surface area (Å²) in [5.41, 5.74) is 0. The zero-order chi connectivity index (χ0) is 7.40. The molecule has 1 rings (SSSR count). The van der Waals surface area contributed by atoms with Crippen molar-refractivity contribution in [3.05, 3.63) is 0 Å². The van der Waals surface area contributed by atoms with Gasteiger partial charge in [0.05, 0.1) is 6.07 Å². The van der Waals surface area contributed by atoms with Crippen molar-refractivity contribution in [1.82, 2.24) is 0 Å². The normalized spacial score (nSPS) is 34.4. The summed E-state index contributed by atoms with van der Waals surface area (Å²) in [5, 5.41) is 8.65. The Hall–Kier alpha value is -0.510. The van der Waals surface area contributed by atoms with Crippen LogP contribution in [0.3, 0.4) is 0 Å². The van der Waals surface area contributed by atoms with Crippen LogP contribution in [0.4, 0.5) is 0 Å². The van der Waals surface area contributed by atoms with E-state index in [4.69, 9.17) is 5.26 Å². The highest BCUT2D eigenvalue weighted by Gasteiger charge is 2.14. The summed E-state index contributed by atoms with van der Waals surface area (Å²) in [6.45, 7) is 2.29. The summed E-state index contributed by atoms with van der Waals surface area (Å²) in [6, 6.07) is 2.36. The van der Waals surface area contributed by atoms with Gasteiger partial charge in [0, 0.05) is 5.92 Å². The molecular weight excluding hydrogens is 122 g/mol. The van der Waals surface area contributed by atoms with Crippen molar-refractivity contribution in [1.29, 1.82) is 5.26 Å². The van der Waals surface area contributed by atoms with Gasteiger partial charge in [-0.2, -0.15) is 5.26 Å². The lowest BCUT2D eigenvalue weighted by Gasteiger charge is -2.03. The fourth-order valence-corrected chi connectivity index (χ4v) is 1.62. The molecule has 1 aliphatic carbocycles. The van der Waals surface area contributed by atoms with Gasteiger partial charge in [-0.15, -0.1) is 0 Å². The molecule has 0 saturated heterocycles. The first-order chi connectivity index (χ1) is 4.83. The van der Waals surface area contributed by atoms with Gasteiger partial charge in [0.15, 0.2) is 0 Å². The topological polar surface area (TPSA) is 23.8 Å². The lowest BCUT2D eigenvalue weighted by molar-refractivity contribution is 0.496. The molecule has 1 nitrogen and oxygen atoms in total. The Morgan fingerprint density at radius 2 is 2.00 bits per heavy atom. The zero-order valence-corrected chi connectivity index (χ0v) is 6.64. The minimum Gasteiger partial charge on any atom is -0.198 e. The molecule has 1 saturated carbocycles. The van der Waals surface area contributed by atoms with Gasteiger partial charge in [-0.05, 0) is 25.2 Å². The van der Waals surface area contributed by atoms with E-state index < -0.39 is 0 Å². The Kier molecular flexibility index (Phi) is 2.74. The van der Waals surface area contributed by atoms with Crippen LogP contribution in [0.1, 0.15) is 39.0 Å². The third-order valence-electron chi connectivity index (χ3n) is 2.44. The molecule has 2 unspecified atom stereocenters. The summed E-state index contributed by atoms with van der Waals surface area (Å²) in [7, 11) is 0. The van der Waals surface area contributed by atoms with Gasteiger partial charge in [-0.1, -0.05) is 19.8 Å². The van der Waals surface area contributed by atoms with Crippen LogP contribution >= 0.6 is 0 Å². The van der Waals surface area contributed by atoms with Crippen molar-refractivity contribution in [3.63, 3.8) is 0 Å². The van der Waals surface area contributed by atoms with Gasteiger partial charge in [-0.25, -0.2) is 0 Å². The predicted octanol–water partition coefficient (Wildman–Crippen LogP) is 2.73. The van der Waals surface area contributed by atoms with E-state index in [1.165, 1.54) is 19.3 Å². The maximum atomic E-state index is 8.65. The number of hydrogen-bond donors (Lipinski definition) is 0. The van der Waals surface area contributed by atoms with Crippen LogP contribution in [-0.4, -0.2) is 0 Å². The zero-order valence-electron chi connectivity index (χ0n) is 6.64. The molecule has 0 heterocycles. The van der Waals surface area contributed by atoms with Gasteiger partial charge in [0.2, 0.25) is 0 Å². The van der Waals surface area contributed by atoms with Crippen molar-refractivity contribution < 1.29 is 0 Å². The molecule has 0 aromatic heterocycles. The Morgan fingerprint density at radius 3 is 2.70 bits per heavy atom. The van der Waals surface area contributed by atoms with Crippen LogP contribution in [0.25, 0.3) is 0 Å². The molecule has 1 heteroatoms. The predicted molar refractivity (Wildman–Crippen MR) is 41.4 cm³/mol. The van der Waals surface area contributed by atoms with E-state index in [9.17, 15) is 0 Å². The minimum absolute atomic E-state index is 0.366. The van der Waals surface area contributed by atoms with Gasteiger partial charge in [0.1, 0.15) is 0 Å². The molecule has 0 aromatic rings. The average Bonchev–Trinajstić information content (AvgIpc) is 2.14. The number of hydrogen-bond acceptors (Lipinski definition) is 1. The maximum absolute atomic E-state index is 8.65. The fraction of sp³-hybridized carbons (Fsp3) is 0.889. The lowest BCUT2D eigenvalue weighted by Crippen LogP contribution is -1.94. The van der Waals surface area contributed by atoms with Gasteiger partial charge >= 0.3 is 0 Å². The SMILES string of the molecule is CC1CCCC(C#N)CC1. The van der Waals surface area contributed by atoms with E-state index in [0.717, 1.165) is 18.8 Å². The quantitative estimate of drug-likeness (QED) is 0.471. The highest BCUT2D eigenvalue weighted by molar-refractivity contribution is 4.84. The molecule has 0 spiro atoms. The van der Waals surface area contributed by atoms with Crippen molar-refractivity contribution in [2.24, 2.45) is 11.8 Å². The van der Waals surface area contributed by atoms with Crippen LogP contribution in [0, 0.1) is 23.2 Å². The molecule has 0 bridgehead atoms. The van der Waals surface area contributed by atoms with Crippen molar-refractivity contribution >= 4 is 0 Å². The number of nitrogens with zero attached hydrogens (tertiary/aromatic N) is 1. The van der Waals surface area contributed by atoms with Crippen LogP contribution in [-0.2, 0) is 0 Å². The first kappa shape index (κ1) is 7.60. The molecule has 10 heavy (non-hydrogen) atoms. The van der Waals surface area contributed by atoms with Crippen LogP contribution in [0.5, 0.6) is 0 Å². The molecular formula is C9H15N. The Bertz CT molecular complexity index is 134. The molecule has 0 radical (unpaired) electrons. The average molecular weight is 137 g/mol. The second-order valence-corrected chi connectivity index (χ2v) is 3.44. The van der Waals surface area contributed by atoms with E-state index >= 15 is 0 Å². The molecule has 0 amide bonds. The molecule has 1 fully saturated rings. The fourth-order valence-electron chi connectivity index (χ4n) is 1.62. The number of nitriles is 1. The van der Waals surface area contributed by atoms with Crippen LogP contribution in [0.15, 0.2) is 0 Å². The van der Waals surface area contributed by atoms with E-state index in [1.807, 2.05) is 0 Å². The molecule has 0 aliphatic heterocycles. The van der Waals surface area contributed by atoms with Crippen LogP contribution < -0.4 is 0 Å². The van der Waals surface area contributed by atoms with E-state index in [2.05, 4.69) is 13.0 Å². The third kappa shape index (κ3) is 2.02. The first-order valence-electron chi connectivity index (χ1n) is 4.22. The van der Waals surface area contributed by atoms with E-state index in [1.54, 1.807) is 0 Å². The molecule has 56 valence electrons. The van der Waals surface area contributed by atoms with Crippen LogP contribution in [0.2, 0.25) is 0 Å². The summed E-state index contributed by atoms with van der Waals surface area (Å²) < 4.78 is 0. The maximum Gasteiger partial charge on any atom is 0.0655 e. The highest BCUT2D eigenvalue weighted by Crippen LogP contribution is 2.25. The second-order valence-electron chi connectivity index (χ2n) is 3.44. The Labute approximate surface area is 63.0 Å². The number of rotatable bonds is 0. The summed E-state index contributed by atoms with van der Waals surface area (Å²) in [4.78, 5) is 0. The van der Waals surface area contributed by atoms with E-state index in [-0.39, 0.29) is 0 Å². The lowest BCUT2D eigenvalue weighted by atomic mass is 10.0. The Balaban J connectivity index is 2.35. The van der Waals surface area contributed by atoms with Gasteiger partial charge in [0.25, 0.3) is 0 Å². The van der Waals surface area contributed by atoms with Crippen molar-refractivity contribution in [2.45, 2.75) is 39.0 Å². The molecule has 0 aromatic carbocycles. The van der Waals surface area contributed by atoms with Gasteiger partial charge in [-0.3, -0.25) is 0 Å². The molecule has 0 N–H and O–H groups in total. The minimum atomic E-state index is 0.366. The van der Waals surface area contributed by atoms with Gasteiger partial charge < -0.3 is 0 Å². The summed E-state index contributed by atoms with van der Waals surface area (Å²) in [5.74, 6) is 1.23. The van der Waals surface area contributed by atoms with Crippen molar-refractivity contribution in [2.75, 3.05) is 0 Å².